The van der Waals surface area contributed by atoms with E-state index in [4.69, 9.17) is 16.9 Å². The van der Waals surface area contributed by atoms with Crippen molar-refractivity contribution in [3.8, 4) is 17.2 Å². The molecule has 4 nitrogen and oxygen atoms in total. The van der Waals surface area contributed by atoms with Crippen molar-refractivity contribution >= 4 is 23.2 Å². The molecule has 0 saturated heterocycles. The number of amides is 1. The summed E-state index contributed by atoms with van der Waals surface area (Å²) in [7, 11) is 0. The predicted molar refractivity (Wildman–Crippen MR) is 85.9 cm³/mol. The maximum Gasteiger partial charge on any atom is 0.223 e. The van der Waals surface area contributed by atoms with Crippen molar-refractivity contribution in [3.05, 3.63) is 46.2 Å². The third-order valence-electron chi connectivity index (χ3n) is 4.04. The van der Waals surface area contributed by atoms with Crippen LogP contribution in [0.2, 0.25) is 5.02 Å². The van der Waals surface area contributed by atoms with E-state index in [2.05, 4.69) is 11.1 Å². The SMILES string of the molecule is CC(=O)N1CCc2cc(-c3cncc(C#N)c3C)cc(Cl)c21. The van der Waals surface area contributed by atoms with Gasteiger partial charge in [-0.15, -0.1) is 0 Å². The van der Waals surface area contributed by atoms with Gasteiger partial charge >= 0.3 is 0 Å². The summed E-state index contributed by atoms with van der Waals surface area (Å²) < 4.78 is 0. The van der Waals surface area contributed by atoms with E-state index in [0.717, 1.165) is 34.4 Å². The number of nitrogens with zero attached hydrogens (tertiary/aromatic N) is 3. The van der Waals surface area contributed by atoms with Gasteiger partial charge in [0.2, 0.25) is 5.91 Å². The fourth-order valence-electron chi connectivity index (χ4n) is 2.89. The lowest BCUT2D eigenvalue weighted by molar-refractivity contribution is -0.116. The zero-order valence-corrected chi connectivity index (χ0v) is 13.1. The van der Waals surface area contributed by atoms with Crippen LogP contribution in [0.15, 0.2) is 24.5 Å². The number of hydrogen-bond acceptors (Lipinski definition) is 3. The van der Waals surface area contributed by atoms with E-state index in [1.807, 2.05) is 19.1 Å². The van der Waals surface area contributed by atoms with Crippen molar-refractivity contribution in [3.63, 3.8) is 0 Å². The standard InChI is InChI=1S/C17H14ClN3O/c1-10-14(7-19)8-20-9-15(10)13-5-12-3-4-21(11(2)22)17(12)16(18)6-13/h5-6,8-9H,3-4H2,1-2H3. The van der Waals surface area contributed by atoms with Crippen LogP contribution in [-0.4, -0.2) is 17.4 Å². The highest BCUT2D eigenvalue weighted by molar-refractivity contribution is 6.34. The van der Waals surface area contributed by atoms with Gasteiger partial charge in [0.05, 0.1) is 16.3 Å². The van der Waals surface area contributed by atoms with Gasteiger partial charge in [0.1, 0.15) is 6.07 Å². The summed E-state index contributed by atoms with van der Waals surface area (Å²) in [5.74, 6) is -0.00211. The van der Waals surface area contributed by atoms with Crippen molar-refractivity contribution in [2.75, 3.05) is 11.4 Å². The molecule has 0 fully saturated rings. The minimum atomic E-state index is -0.00211. The van der Waals surface area contributed by atoms with Gasteiger partial charge in [-0.25, -0.2) is 0 Å². The van der Waals surface area contributed by atoms with Crippen molar-refractivity contribution in [1.82, 2.24) is 4.98 Å². The molecule has 0 unspecified atom stereocenters. The van der Waals surface area contributed by atoms with Gasteiger partial charge in [-0.05, 0) is 42.2 Å². The first-order valence-corrected chi connectivity index (χ1v) is 7.36. The molecule has 3 rings (SSSR count). The Morgan fingerprint density at radius 3 is 2.86 bits per heavy atom. The van der Waals surface area contributed by atoms with Gasteiger partial charge in [-0.3, -0.25) is 9.78 Å². The number of halogens is 1. The molecule has 1 aromatic carbocycles. The number of carbonyl (C=O) groups is 1. The zero-order valence-electron chi connectivity index (χ0n) is 12.4. The summed E-state index contributed by atoms with van der Waals surface area (Å²) in [5, 5.41) is 9.69. The molecule has 1 aliphatic heterocycles. The number of hydrogen-bond donors (Lipinski definition) is 0. The van der Waals surface area contributed by atoms with E-state index in [0.29, 0.717) is 17.1 Å². The molecule has 1 aromatic heterocycles. The molecule has 0 aliphatic carbocycles. The van der Waals surface area contributed by atoms with Crippen LogP contribution in [0, 0.1) is 18.3 Å². The Balaban J connectivity index is 2.15. The average molecular weight is 312 g/mol. The summed E-state index contributed by atoms with van der Waals surface area (Å²) in [5.41, 5.74) is 5.12. The third-order valence-corrected chi connectivity index (χ3v) is 4.33. The molecular formula is C17H14ClN3O. The molecule has 2 heterocycles. The lowest BCUT2D eigenvalue weighted by Gasteiger charge is -2.17. The number of anilines is 1. The Labute approximate surface area is 134 Å². The summed E-state index contributed by atoms with van der Waals surface area (Å²) in [4.78, 5) is 17.5. The quantitative estimate of drug-likeness (QED) is 0.810. The largest absolute Gasteiger partial charge is 0.311 e. The van der Waals surface area contributed by atoms with Crippen molar-refractivity contribution < 1.29 is 4.79 Å². The van der Waals surface area contributed by atoms with E-state index in [9.17, 15) is 4.79 Å². The van der Waals surface area contributed by atoms with Crippen LogP contribution in [0.5, 0.6) is 0 Å². The van der Waals surface area contributed by atoms with Gasteiger partial charge in [0.15, 0.2) is 0 Å². The van der Waals surface area contributed by atoms with Crippen molar-refractivity contribution in [2.24, 2.45) is 0 Å². The smallest absolute Gasteiger partial charge is 0.223 e. The maximum absolute atomic E-state index is 11.7. The average Bonchev–Trinajstić information content (AvgIpc) is 2.92. The zero-order chi connectivity index (χ0) is 15.9. The first kappa shape index (κ1) is 14.6. The number of benzene rings is 1. The highest BCUT2D eigenvalue weighted by Crippen LogP contribution is 2.39. The highest BCUT2D eigenvalue weighted by Gasteiger charge is 2.26. The lowest BCUT2D eigenvalue weighted by Crippen LogP contribution is -2.26. The normalized spacial score (nSPS) is 12.9. The summed E-state index contributed by atoms with van der Waals surface area (Å²) in [6.45, 7) is 4.10. The van der Waals surface area contributed by atoms with Gasteiger partial charge in [0, 0.05) is 31.4 Å². The Bertz CT molecular complexity index is 823. The molecule has 22 heavy (non-hydrogen) atoms. The number of rotatable bonds is 1. The van der Waals surface area contributed by atoms with Gasteiger partial charge in [-0.1, -0.05) is 11.6 Å². The van der Waals surface area contributed by atoms with Gasteiger partial charge in [0.25, 0.3) is 0 Å². The van der Waals surface area contributed by atoms with Crippen LogP contribution in [0.1, 0.15) is 23.6 Å². The molecule has 5 heteroatoms. The van der Waals surface area contributed by atoms with Crippen molar-refractivity contribution in [1.29, 1.82) is 5.26 Å². The second-order valence-corrected chi connectivity index (χ2v) is 5.77. The molecule has 0 spiro atoms. The summed E-state index contributed by atoms with van der Waals surface area (Å²) in [6.07, 6.45) is 4.09. The topological polar surface area (TPSA) is 57.0 Å². The number of nitriles is 1. The number of fused-ring (bicyclic) bond motifs is 1. The molecule has 0 atom stereocenters. The second kappa shape index (κ2) is 5.43. The Kier molecular flexibility index (Phi) is 3.59. The van der Waals surface area contributed by atoms with Crippen LogP contribution >= 0.6 is 11.6 Å². The Morgan fingerprint density at radius 1 is 1.41 bits per heavy atom. The van der Waals surface area contributed by atoms with E-state index in [1.165, 1.54) is 0 Å². The van der Waals surface area contributed by atoms with Crippen LogP contribution < -0.4 is 4.90 Å². The Hall–Kier alpha value is -2.38. The molecule has 0 bridgehead atoms. The van der Waals surface area contributed by atoms with E-state index in [-0.39, 0.29) is 5.91 Å². The maximum atomic E-state index is 11.7. The summed E-state index contributed by atoms with van der Waals surface area (Å²) >= 11 is 6.41. The molecule has 1 aliphatic rings. The van der Waals surface area contributed by atoms with Crippen LogP contribution in [-0.2, 0) is 11.2 Å². The molecule has 0 N–H and O–H groups in total. The number of carbonyl (C=O) groups excluding carboxylic acids is 1. The second-order valence-electron chi connectivity index (χ2n) is 5.36. The summed E-state index contributed by atoms with van der Waals surface area (Å²) in [6, 6.07) is 6.02. The first-order valence-electron chi connectivity index (χ1n) is 6.98. The highest BCUT2D eigenvalue weighted by atomic mass is 35.5. The number of aromatic nitrogens is 1. The first-order chi connectivity index (χ1) is 10.5. The van der Waals surface area contributed by atoms with Gasteiger partial charge in [-0.2, -0.15) is 5.26 Å². The molecule has 0 radical (unpaired) electrons. The Morgan fingerprint density at radius 2 is 2.18 bits per heavy atom. The van der Waals surface area contributed by atoms with E-state index in [1.54, 1.807) is 24.2 Å². The monoisotopic (exact) mass is 311 g/mol. The third kappa shape index (κ3) is 2.24. The van der Waals surface area contributed by atoms with Crippen LogP contribution in [0.3, 0.4) is 0 Å². The molecule has 1 amide bonds. The fraction of sp³-hybridized carbons (Fsp3) is 0.235. The molecule has 110 valence electrons. The molecule has 2 aromatic rings. The van der Waals surface area contributed by atoms with E-state index >= 15 is 0 Å². The predicted octanol–water partition coefficient (Wildman–Crippen LogP) is 3.49. The van der Waals surface area contributed by atoms with Crippen LogP contribution in [0.25, 0.3) is 11.1 Å². The minimum Gasteiger partial charge on any atom is -0.311 e. The van der Waals surface area contributed by atoms with Gasteiger partial charge < -0.3 is 4.90 Å². The van der Waals surface area contributed by atoms with Crippen LogP contribution in [0.4, 0.5) is 5.69 Å². The number of pyridine rings is 1. The van der Waals surface area contributed by atoms with E-state index < -0.39 is 0 Å². The fourth-order valence-corrected chi connectivity index (χ4v) is 3.23. The molecular weight excluding hydrogens is 298 g/mol. The van der Waals surface area contributed by atoms with Crippen molar-refractivity contribution in [2.45, 2.75) is 20.3 Å². The minimum absolute atomic E-state index is 0.00211. The lowest BCUT2D eigenvalue weighted by atomic mass is 9.97. The molecule has 0 saturated carbocycles.